The second-order valence-corrected chi connectivity index (χ2v) is 8.16. The van der Waals surface area contributed by atoms with Crippen LogP contribution in [0.1, 0.15) is 117 Å². The Kier molecular flexibility index (Phi) is 16.8. The molecule has 0 fully saturated rings. The normalized spacial score (nSPS) is 13.8. The molecule has 1 atom stereocenters. The number of carboxylic acid groups (broad SMARTS) is 1. The molecule has 154 valence electrons. The van der Waals surface area contributed by atoms with Gasteiger partial charge in [0.2, 0.25) is 0 Å². The molecule has 0 aliphatic rings. The van der Waals surface area contributed by atoms with Crippen LogP contribution in [0.3, 0.4) is 0 Å². The molecule has 0 rings (SSSR count). The van der Waals surface area contributed by atoms with Gasteiger partial charge in [-0.05, 0) is 13.3 Å². The second kappa shape index (κ2) is 17.4. The molecule has 0 aromatic carbocycles. The predicted octanol–water partition coefficient (Wildman–Crippen LogP) is 7.71. The second-order valence-electron chi connectivity index (χ2n) is 8.16. The lowest BCUT2D eigenvalue weighted by Gasteiger charge is -2.25. The summed E-state index contributed by atoms with van der Waals surface area (Å²) >= 11 is 0. The van der Waals surface area contributed by atoms with Crippen molar-refractivity contribution in [2.45, 2.75) is 117 Å². The lowest BCUT2D eigenvalue weighted by atomic mass is 9.84. The fraction of sp³-hybridized carbons (Fsp3) is 0.870. The van der Waals surface area contributed by atoms with Crippen LogP contribution in [0.5, 0.6) is 0 Å². The van der Waals surface area contributed by atoms with Gasteiger partial charge in [0.15, 0.2) is 0 Å². The highest BCUT2D eigenvalue weighted by Gasteiger charge is 2.20. The fourth-order valence-corrected chi connectivity index (χ4v) is 3.63. The molecule has 0 aromatic rings. The van der Waals surface area contributed by atoms with E-state index in [0.29, 0.717) is 6.54 Å². The summed E-state index contributed by atoms with van der Waals surface area (Å²) in [6.45, 7) is 6.93. The summed E-state index contributed by atoms with van der Waals surface area (Å²) in [6.07, 6.45) is 23.5. The molecule has 0 heterocycles. The van der Waals surface area contributed by atoms with Crippen molar-refractivity contribution in [2.24, 2.45) is 5.41 Å². The molecular formula is C23H45NO2. The zero-order chi connectivity index (χ0) is 19.5. The summed E-state index contributed by atoms with van der Waals surface area (Å²) in [5, 5.41) is 11.3. The predicted molar refractivity (Wildman–Crippen MR) is 114 cm³/mol. The van der Waals surface area contributed by atoms with E-state index in [-0.39, 0.29) is 5.41 Å². The highest BCUT2D eigenvalue weighted by atomic mass is 16.4. The van der Waals surface area contributed by atoms with Crippen molar-refractivity contribution in [3.63, 3.8) is 0 Å². The van der Waals surface area contributed by atoms with Crippen LogP contribution in [0.4, 0.5) is 4.79 Å². The van der Waals surface area contributed by atoms with E-state index >= 15 is 0 Å². The van der Waals surface area contributed by atoms with E-state index < -0.39 is 6.09 Å². The summed E-state index contributed by atoms with van der Waals surface area (Å²) in [4.78, 5) is 10.7. The molecule has 3 heteroatoms. The van der Waals surface area contributed by atoms with Gasteiger partial charge in [-0.3, -0.25) is 0 Å². The number of nitrogens with one attached hydrogen (secondary N) is 1. The highest BCUT2D eigenvalue weighted by Crippen LogP contribution is 2.26. The topological polar surface area (TPSA) is 49.3 Å². The van der Waals surface area contributed by atoms with Gasteiger partial charge in [-0.1, -0.05) is 116 Å². The zero-order valence-electron chi connectivity index (χ0n) is 17.8. The first kappa shape index (κ1) is 25.0. The van der Waals surface area contributed by atoms with Gasteiger partial charge in [0.05, 0.1) is 0 Å². The summed E-state index contributed by atoms with van der Waals surface area (Å²) in [5.41, 5.74) is -0.0513. The highest BCUT2D eigenvalue weighted by molar-refractivity contribution is 5.64. The van der Waals surface area contributed by atoms with Gasteiger partial charge in [-0.25, -0.2) is 4.79 Å². The van der Waals surface area contributed by atoms with Crippen LogP contribution in [0.15, 0.2) is 12.2 Å². The average Bonchev–Trinajstić information content (AvgIpc) is 2.61. The molecule has 0 bridgehead atoms. The van der Waals surface area contributed by atoms with E-state index in [1.165, 1.54) is 89.9 Å². The number of amides is 1. The van der Waals surface area contributed by atoms with Gasteiger partial charge in [-0.2, -0.15) is 0 Å². The van der Waals surface area contributed by atoms with E-state index in [9.17, 15) is 4.79 Å². The van der Waals surface area contributed by atoms with Crippen LogP contribution in [-0.2, 0) is 0 Å². The van der Waals surface area contributed by atoms with Crippen LogP contribution in [0.25, 0.3) is 0 Å². The van der Waals surface area contributed by atoms with Crippen LogP contribution in [0, 0.1) is 5.41 Å². The van der Waals surface area contributed by atoms with Crippen LogP contribution in [-0.4, -0.2) is 17.7 Å². The van der Waals surface area contributed by atoms with Crippen molar-refractivity contribution < 1.29 is 9.90 Å². The third-order valence-electron chi connectivity index (χ3n) is 5.31. The van der Waals surface area contributed by atoms with Crippen LogP contribution < -0.4 is 5.32 Å². The van der Waals surface area contributed by atoms with E-state index in [1.54, 1.807) is 0 Å². The quantitative estimate of drug-likeness (QED) is 0.192. The molecule has 1 unspecified atom stereocenters. The van der Waals surface area contributed by atoms with E-state index in [4.69, 9.17) is 5.11 Å². The van der Waals surface area contributed by atoms with E-state index in [1.807, 2.05) is 13.0 Å². The van der Waals surface area contributed by atoms with E-state index in [2.05, 4.69) is 25.2 Å². The van der Waals surface area contributed by atoms with Gasteiger partial charge in [0, 0.05) is 12.0 Å². The maximum absolute atomic E-state index is 10.7. The van der Waals surface area contributed by atoms with Crippen LogP contribution >= 0.6 is 0 Å². The van der Waals surface area contributed by atoms with Gasteiger partial charge in [0.25, 0.3) is 0 Å². The van der Waals surface area contributed by atoms with Crippen molar-refractivity contribution in [1.82, 2.24) is 5.32 Å². The Bertz CT molecular complexity index is 354. The number of carbonyl (C=O) groups is 1. The third-order valence-corrected chi connectivity index (χ3v) is 5.31. The van der Waals surface area contributed by atoms with Gasteiger partial charge in [-0.15, -0.1) is 0 Å². The Labute approximate surface area is 163 Å². The molecule has 0 saturated carbocycles. The average molecular weight is 368 g/mol. The SMILES string of the molecule is CC=CC(C)(CCCCCCCCCCCCCCCC)CNC(=O)O. The monoisotopic (exact) mass is 367 g/mol. The van der Waals surface area contributed by atoms with Crippen molar-refractivity contribution in [3.05, 3.63) is 12.2 Å². The largest absolute Gasteiger partial charge is 0.465 e. The molecule has 0 aromatic heterocycles. The lowest BCUT2D eigenvalue weighted by Crippen LogP contribution is -2.33. The summed E-state index contributed by atoms with van der Waals surface area (Å²) in [7, 11) is 0. The number of hydrogen-bond acceptors (Lipinski definition) is 1. The first-order chi connectivity index (χ1) is 12.5. The van der Waals surface area contributed by atoms with Crippen molar-refractivity contribution in [2.75, 3.05) is 6.54 Å². The first-order valence-corrected chi connectivity index (χ1v) is 11.1. The molecule has 2 N–H and O–H groups in total. The molecule has 3 nitrogen and oxygen atoms in total. The van der Waals surface area contributed by atoms with Gasteiger partial charge < -0.3 is 10.4 Å². The Morgan fingerprint density at radius 2 is 1.27 bits per heavy atom. The molecule has 26 heavy (non-hydrogen) atoms. The van der Waals surface area contributed by atoms with E-state index in [0.717, 1.165) is 6.42 Å². The number of hydrogen-bond donors (Lipinski definition) is 2. The minimum absolute atomic E-state index is 0.0513. The molecule has 1 amide bonds. The van der Waals surface area contributed by atoms with Crippen molar-refractivity contribution in [1.29, 1.82) is 0 Å². The smallest absolute Gasteiger partial charge is 0.404 e. The maximum Gasteiger partial charge on any atom is 0.404 e. The minimum atomic E-state index is -0.929. The first-order valence-electron chi connectivity index (χ1n) is 11.1. The maximum atomic E-state index is 10.7. The summed E-state index contributed by atoms with van der Waals surface area (Å²) < 4.78 is 0. The van der Waals surface area contributed by atoms with Gasteiger partial charge in [0.1, 0.15) is 0 Å². The molecule has 0 radical (unpaired) electrons. The standard InChI is InChI=1S/C23H45NO2/c1-4-6-7-8-9-10-11-12-13-14-15-16-17-18-20-23(3,19-5-2)21-24-22(25)26/h5,19,24H,4,6-18,20-21H2,1-3H3,(H,25,26). The number of allylic oxidation sites excluding steroid dienone is 1. The Hall–Kier alpha value is -0.990. The minimum Gasteiger partial charge on any atom is -0.465 e. The number of rotatable bonds is 18. The Balaban J connectivity index is 3.49. The Morgan fingerprint density at radius 1 is 0.846 bits per heavy atom. The molecule has 0 aliphatic carbocycles. The lowest BCUT2D eigenvalue weighted by molar-refractivity contribution is 0.189. The molecular weight excluding hydrogens is 322 g/mol. The molecule has 0 spiro atoms. The number of unbranched alkanes of at least 4 members (excludes halogenated alkanes) is 13. The summed E-state index contributed by atoms with van der Waals surface area (Å²) in [6, 6.07) is 0. The van der Waals surface area contributed by atoms with Crippen molar-refractivity contribution >= 4 is 6.09 Å². The molecule has 0 aliphatic heterocycles. The summed E-state index contributed by atoms with van der Waals surface area (Å²) in [5.74, 6) is 0. The molecule has 0 saturated heterocycles. The van der Waals surface area contributed by atoms with Gasteiger partial charge >= 0.3 is 6.09 Å². The zero-order valence-corrected chi connectivity index (χ0v) is 17.8. The van der Waals surface area contributed by atoms with Crippen LogP contribution in [0.2, 0.25) is 0 Å². The fourth-order valence-electron chi connectivity index (χ4n) is 3.63. The van der Waals surface area contributed by atoms with Crippen molar-refractivity contribution in [3.8, 4) is 0 Å². The third kappa shape index (κ3) is 16.5. The Morgan fingerprint density at radius 3 is 1.65 bits per heavy atom.